The van der Waals surface area contributed by atoms with Crippen molar-refractivity contribution in [1.29, 1.82) is 0 Å². The highest BCUT2D eigenvalue weighted by atomic mass is 16.3. The van der Waals surface area contributed by atoms with E-state index in [9.17, 15) is 5.11 Å². The van der Waals surface area contributed by atoms with Crippen molar-refractivity contribution in [3.05, 3.63) is 28.8 Å². The molecule has 0 aromatic heterocycles. The van der Waals surface area contributed by atoms with Crippen LogP contribution in [0.1, 0.15) is 56.2 Å². The van der Waals surface area contributed by atoms with E-state index in [0.29, 0.717) is 5.75 Å². The normalized spacial score (nSPS) is 10.7. The maximum Gasteiger partial charge on any atom is 0.119 e. The minimum Gasteiger partial charge on any atom is -0.508 e. The second kappa shape index (κ2) is 6.57. The summed E-state index contributed by atoms with van der Waals surface area (Å²) in [5, 5.41) is 10.00. The third-order valence-corrected chi connectivity index (χ3v) is 3.04. The predicted molar refractivity (Wildman–Crippen MR) is 70.1 cm³/mol. The Hall–Kier alpha value is -0.980. The molecule has 1 rings (SSSR count). The third-order valence-electron chi connectivity index (χ3n) is 3.04. The summed E-state index contributed by atoms with van der Waals surface area (Å²) in [4.78, 5) is 0. The number of phenolic OH excluding ortho intramolecular Hbond substituents is 1. The van der Waals surface area contributed by atoms with E-state index < -0.39 is 0 Å². The zero-order valence-electron chi connectivity index (χ0n) is 10.8. The van der Waals surface area contributed by atoms with Gasteiger partial charge in [-0.25, -0.2) is 0 Å². The summed E-state index contributed by atoms with van der Waals surface area (Å²) in [6.45, 7) is 6.46. The van der Waals surface area contributed by atoms with Crippen LogP contribution in [-0.4, -0.2) is 5.11 Å². The monoisotopic (exact) mass is 220 g/mol. The molecule has 1 heteroatoms. The van der Waals surface area contributed by atoms with Gasteiger partial charge in [-0.1, -0.05) is 32.8 Å². The first-order chi connectivity index (χ1) is 7.69. The summed E-state index contributed by atoms with van der Waals surface area (Å²) in [5.41, 5.74) is 3.71. The Morgan fingerprint density at radius 3 is 2.25 bits per heavy atom. The van der Waals surface area contributed by atoms with E-state index in [-0.39, 0.29) is 0 Å². The molecule has 0 atom stereocenters. The third kappa shape index (κ3) is 3.55. The largest absolute Gasteiger partial charge is 0.508 e. The van der Waals surface area contributed by atoms with Crippen molar-refractivity contribution in [3.8, 4) is 5.75 Å². The van der Waals surface area contributed by atoms with Gasteiger partial charge in [-0.15, -0.1) is 0 Å². The molecule has 1 aromatic carbocycles. The van der Waals surface area contributed by atoms with Crippen molar-refractivity contribution in [2.24, 2.45) is 0 Å². The van der Waals surface area contributed by atoms with Crippen LogP contribution in [0.4, 0.5) is 0 Å². The zero-order valence-corrected chi connectivity index (χ0v) is 10.8. The van der Waals surface area contributed by atoms with Gasteiger partial charge in [0.1, 0.15) is 5.75 Å². The molecule has 0 aliphatic carbocycles. The van der Waals surface area contributed by atoms with Gasteiger partial charge in [0.15, 0.2) is 0 Å². The fourth-order valence-electron chi connectivity index (χ4n) is 2.10. The number of aromatic hydroxyl groups is 1. The molecule has 0 fully saturated rings. The average molecular weight is 220 g/mol. The van der Waals surface area contributed by atoms with Crippen molar-refractivity contribution < 1.29 is 5.11 Å². The highest BCUT2D eigenvalue weighted by molar-refractivity contribution is 5.43. The highest BCUT2D eigenvalue weighted by Crippen LogP contribution is 2.26. The Balaban J connectivity index is 2.91. The number of unbranched alkanes of at least 4 members (excludes halogenated alkanes) is 2. The number of phenols is 1. The van der Waals surface area contributed by atoms with Crippen LogP contribution in [0.25, 0.3) is 0 Å². The molecule has 0 bridgehead atoms. The summed E-state index contributed by atoms with van der Waals surface area (Å²) >= 11 is 0. The summed E-state index contributed by atoms with van der Waals surface area (Å²) in [5.74, 6) is 0.500. The van der Waals surface area contributed by atoms with Gasteiger partial charge in [0.2, 0.25) is 0 Å². The topological polar surface area (TPSA) is 20.2 Å². The van der Waals surface area contributed by atoms with E-state index in [1.165, 1.54) is 36.0 Å². The number of hydrogen-bond acceptors (Lipinski definition) is 1. The molecular formula is C15H24O. The van der Waals surface area contributed by atoms with E-state index in [2.05, 4.69) is 26.8 Å². The van der Waals surface area contributed by atoms with Crippen LogP contribution < -0.4 is 0 Å². The number of hydrogen-bond donors (Lipinski definition) is 1. The maximum atomic E-state index is 10.00. The Morgan fingerprint density at radius 1 is 1.00 bits per heavy atom. The molecule has 90 valence electrons. The second-order valence-corrected chi connectivity index (χ2v) is 4.63. The summed E-state index contributed by atoms with van der Waals surface area (Å²) < 4.78 is 0. The summed E-state index contributed by atoms with van der Waals surface area (Å²) in [7, 11) is 0. The fraction of sp³-hybridized carbons (Fsp3) is 0.600. The van der Waals surface area contributed by atoms with Gasteiger partial charge in [-0.05, 0) is 55.4 Å². The van der Waals surface area contributed by atoms with Crippen LogP contribution in [0.2, 0.25) is 0 Å². The summed E-state index contributed by atoms with van der Waals surface area (Å²) in [6.07, 6.45) is 6.88. The van der Waals surface area contributed by atoms with Crippen LogP contribution in [0.5, 0.6) is 5.75 Å². The van der Waals surface area contributed by atoms with Gasteiger partial charge < -0.3 is 5.11 Å². The molecule has 0 radical (unpaired) electrons. The SMILES string of the molecule is CCCCc1cc(C)cc(O)c1CCCC. The zero-order chi connectivity index (χ0) is 12.0. The quantitative estimate of drug-likeness (QED) is 0.754. The van der Waals surface area contributed by atoms with Crippen LogP contribution in [-0.2, 0) is 12.8 Å². The van der Waals surface area contributed by atoms with Crippen molar-refractivity contribution >= 4 is 0 Å². The van der Waals surface area contributed by atoms with Crippen LogP contribution in [0, 0.1) is 6.92 Å². The van der Waals surface area contributed by atoms with Gasteiger partial charge >= 0.3 is 0 Å². The molecule has 0 spiro atoms. The standard InChI is InChI=1S/C15H24O/c1-4-6-8-13-10-12(3)11-15(16)14(13)9-7-5-2/h10-11,16H,4-9H2,1-3H3. The van der Waals surface area contributed by atoms with Crippen LogP contribution in [0.15, 0.2) is 12.1 Å². The van der Waals surface area contributed by atoms with Crippen molar-refractivity contribution in [2.75, 3.05) is 0 Å². The molecule has 0 heterocycles. The Morgan fingerprint density at radius 2 is 1.62 bits per heavy atom. The molecular weight excluding hydrogens is 196 g/mol. The molecule has 16 heavy (non-hydrogen) atoms. The Labute approximate surface area is 99.5 Å². The van der Waals surface area contributed by atoms with Crippen LogP contribution >= 0.6 is 0 Å². The molecule has 0 aliphatic heterocycles. The lowest BCUT2D eigenvalue weighted by Gasteiger charge is -2.12. The Bertz CT molecular complexity index is 328. The molecule has 0 saturated heterocycles. The molecule has 1 N–H and O–H groups in total. The van der Waals surface area contributed by atoms with Gasteiger partial charge in [-0.2, -0.15) is 0 Å². The molecule has 0 aliphatic rings. The van der Waals surface area contributed by atoms with E-state index in [0.717, 1.165) is 19.3 Å². The van der Waals surface area contributed by atoms with Gasteiger partial charge in [-0.3, -0.25) is 0 Å². The van der Waals surface area contributed by atoms with Crippen molar-refractivity contribution in [1.82, 2.24) is 0 Å². The molecule has 0 amide bonds. The lowest BCUT2D eigenvalue weighted by molar-refractivity contribution is 0.465. The minimum absolute atomic E-state index is 0.500. The smallest absolute Gasteiger partial charge is 0.119 e. The molecule has 1 aromatic rings. The predicted octanol–water partition coefficient (Wildman–Crippen LogP) is 4.39. The fourth-order valence-corrected chi connectivity index (χ4v) is 2.10. The van der Waals surface area contributed by atoms with E-state index in [4.69, 9.17) is 0 Å². The first-order valence-corrected chi connectivity index (χ1v) is 6.50. The Kier molecular flexibility index (Phi) is 5.37. The summed E-state index contributed by atoms with van der Waals surface area (Å²) in [6, 6.07) is 4.13. The minimum atomic E-state index is 0.500. The number of aryl methyl sites for hydroxylation is 2. The lowest BCUT2D eigenvalue weighted by atomic mass is 9.95. The average Bonchev–Trinajstić information content (AvgIpc) is 2.24. The van der Waals surface area contributed by atoms with E-state index in [1.54, 1.807) is 0 Å². The van der Waals surface area contributed by atoms with E-state index in [1.807, 2.05) is 6.07 Å². The molecule has 0 unspecified atom stereocenters. The van der Waals surface area contributed by atoms with Gasteiger partial charge in [0.05, 0.1) is 0 Å². The van der Waals surface area contributed by atoms with Gasteiger partial charge in [0.25, 0.3) is 0 Å². The molecule has 1 nitrogen and oxygen atoms in total. The van der Waals surface area contributed by atoms with Crippen molar-refractivity contribution in [3.63, 3.8) is 0 Å². The van der Waals surface area contributed by atoms with Crippen LogP contribution in [0.3, 0.4) is 0 Å². The van der Waals surface area contributed by atoms with Gasteiger partial charge in [0, 0.05) is 0 Å². The maximum absolute atomic E-state index is 10.00. The first-order valence-electron chi connectivity index (χ1n) is 6.50. The molecule has 0 saturated carbocycles. The van der Waals surface area contributed by atoms with E-state index >= 15 is 0 Å². The highest BCUT2D eigenvalue weighted by Gasteiger charge is 2.08. The second-order valence-electron chi connectivity index (χ2n) is 4.63. The number of rotatable bonds is 6. The lowest BCUT2D eigenvalue weighted by Crippen LogP contribution is -1.97. The first kappa shape index (κ1) is 13.1. The number of benzene rings is 1. The van der Waals surface area contributed by atoms with Crippen molar-refractivity contribution in [2.45, 2.75) is 59.3 Å².